The zero-order chi connectivity index (χ0) is 13.0. The fourth-order valence-corrected chi connectivity index (χ4v) is 2.53. The maximum atomic E-state index is 12.0. The summed E-state index contributed by atoms with van der Waals surface area (Å²) in [5, 5.41) is 6.37. The van der Waals surface area contributed by atoms with E-state index in [-0.39, 0.29) is 5.91 Å². The number of carbonyl (C=O) groups excluding carboxylic acids is 1. The van der Waals surface area contributed by atoms with Crippen molar-refractivity contribution in [1.29, 1.82) is 0 Å². The van der Waals surface area contributed by atoms with Crippen molar-refractivity contribution in [2.75, 3.05) is 32.7 Å². The van der Waals surface area contributed by atoms with Crippen molar-refractivity contribution in [3.8, 4) is 0 Å². The summed E-state index contributed by atoms with van der Waals surface area (Å²) in [7, 11) is 0. The van der Waals surface area contributed by atoms with Crippen LogP contribution in [0.15, 0.2) is 22.9 Å². The summed E-state index contributed by atoms with van der Waals surface area (Å²) in [5.41, 5.74) is 3.54. The Kier molecular flexibility index (Phi) is 4.55. The van der Waals surface area contributed by atoms with Crippen LogP contribution >= 0.6 is 0 Å². The van der Waals surface area contributed by atoms with Gasteiger partial charge in [0.25, 0.3) is 0 Å². The summed E-state index contributed by atoms with van der Waals surface area (Å²) < 4.78 is 0. The van der Waals surface area contributed by atoms with E-state index in [4.69, 9.17) is 0 Å². The zero-order valence-electron chi connectivity index (χ0n) is 11.4. The molecule has 1 saturated heterocycles. The number of rotatable bonds is 3. The van der Waals surface area contributed by atoms with Crippen molar-refractivity contribution in [3.05, 3.63) is 22.9 Å². The number of piperazine rings is 1. The van der Waals surface area contributed by atoms with Crippen LogP contribution < -0.4 is 10.6 Å². The zero-order valence-corrected chi connectivity index (χ0v) is 11.4. The summed E-state index contributed by atoms with van der Waals surface area (Å²) in [4.78, 5) is 14.2. The first-order chi connectivity index (χ1) is 8.66. The molecule has 2 N–H and O–H groups in total. The topological polar surface area (TPSA) is 44.4 Å². The molecule has 0 aromatic heterocycles. The van der Waals surface area contributed by atoms with E-state index in [2.05, 4.69) is 35.5 Å². The van der Waals surface area contributed by atoms with Gasteiger partial charge in [0.05, 0.1) is 6.54 Å². The first-order valence-corrected chi connectivity index (χ1v) is 6.76. The number of hydrogen-bond donors (Lipinski definition) is 2. The maximum absolute atomic E-state index is 12.0. The Bertz CT molecular complexity index is 379. The van der Waals surface area contributed by atoms with Crippen LogP contribution in [0.25, 0.3) is 0 Å². The van der Waals surface area contributed by atoms with Gasteiger partial charge in [-0.1, -0.05) is 6.08 Å². The lowest BCUT2D eigenvalue weighted by atomic mass is 9.98. The molecule has 1 aliphatic carbocycles. The summed E-state index contributed by atoms with van der Waals surface area (Å²) >= 11 is 0. The predicted octanol–water partition coefficient (Wildman–Crippen LogP) is 1.02. The average Bonchev–Trinajstić information content (AvgIpc) is 2.35. The van der Waals surface area contributed by atoms with Crippen LogP contribution in [-0.2, 0) is 4.79 Å². The molecular weight excluding hydrogens is 226 g/mol. The third-order valence-electron chi connectivity index (χ3n) is 3.63. The van der Waals surface area contributed by atoms with Gasteiger partial charge in [-0.25, -0.2) is 0 Å². The van der Waals surface area contributed by atoms with Crippen molar-refractivity contribution in [2.24, 2.45) is 0 Å². The first kappa shape index (κ1) is 13.3. The van der Waals surface area contributed by atoms with Gasteiger partial charge < -0.3 is 10.6 Å². The van der Waals surface area contributed by atoms with Crippen molar-refractivity contribution in [1.82, 2.24) is 15.5 Å². The van der Waals surface area contributed by atoms with Gasteiger partial charge in [0.2, 0.25) is 5.91 Å². The molecule has 2 aliphatic rings. The quantitative estimate of drug-likeness (QED) is 0.785. The van der Waals surface area contributed by atoms with Gasteiger partial charge in [-0.05, 0) is 37.8 Å². The van der Waals surface area contributed by atoms with Gasteiger partial charge in [0, 0.05) is 31.9 Å². The fraction of sp³-hybridized carbons (Fsp3) is 0.643. The SMILES string of the molecule is CC1=CCCC(C)=C1NC(=O)CN1CCNCC1. The lowest BCUT2D eigenvalue weighted by Crippen LogP contribution is -2.47. The predicted molar refractivity (Wildman–Crippen MR) is 73.1 cm³/mol. The van der Waals surface area contributed by atoms with E-state index in [9.17, 15) is 4.79 Å². The normalized spacial score (nSPS) is 21.8. The van der Waals surface area contributed by atoms with Crippen LogP contribution in [0.4, 0.5) is 0 Å². The fourth-order valence-electron chi connectivity index (χ4n) is 2.53. The van der Waals surface area contributed by atoms with Gasteiger partial charge in [-0.15, -0.1) is 0 Å². The van der Waals surface area contributed by atoms with Gasteiger partial charge >= 0.3 is 0 Å². The summed E-state index contributed by atoms with van der Waals surface area (Å²) in [5.74, 6) is 0.112. The standard InChI is InChI=1S/C14H23N3O/c1-11-4-3-5-12(2)14(11)16-13(18)10-17-8-6-15-7-9-17/h4,15H,3,5-10H2,1-2H3,(H,16,18). The molecular formula is C14H23N3O. The van der Waals surface area contributed by atoms with Gasteiger partial charge in [0.1, 0.15) is 0 Å². The van der Waals surface area contributed by atoms with Crippen LogP contribution in [0.2, 0.25) is 0 Å². The Morgan fingerprint density at radius 3 is 2.78 bits per heavy atom. The minimum atomic E-state index is 0.112. The molecule has 4 heteroatoms. The summed E-state index contributed by atoms with van der Waals surface area (Å²) in [6.07, 6.45) is 4.35. The summed E-state index contributed by atoms with van der Waals surface area (Å²) in [6.45, 7) is 8.56. The molecule has 100 valence electrons. The Morgan fingerprint density at radius 2 is 2.11 bits per heavy atom. The van der Waals surface area contributed by atoms with E-state index in [1.807, 2.05) is 0 Å². The maximum Gasteiger partial charge on any atom is 0.238 e. The highest BCUT2D eigenvalue weighted by Gasteiger charge is 2.16. The van der Waals surface area contributed by atoms with Crippen LogP contribution in [0.3, 0.4) is 0 Å². The average molecular weight is 249 g/mol. The third-order valence-corrected chi connectivity index (χ3v) is 3.63. The van der Waals surface area contributed by atoms with E-state index < -0.39 is 0 Å². The second-order valence-electron chi connectivity index (χ2n) is 5.16. The van der Waals surface area contributed by atoms with E-state index in [1.54, 1.807) is 0 Å². The lowest BCUT2D eigenvalue weighted by Gasteiger charge is -2.27. The van der Waals surface area contributed by atoms with Crippen molar-refractivity contribution in [2.45, 2.75) is 26.7 Å². The number of amides is 1. The van der Waals surface area contributed by atoms with E-state index >= 15 is 0 Å². The number of nitrogens with one attached hydrogen (secondary N) is 2. The molecule has 0 atom stereocenters. The Hall–Kier alpha value is -1.13. The molecule has 4 nitrogen and oxygen atoms in total. The van der Waals surface area contributed by atoms with E-state index in [0.29, 0.717) is 6.54 Å². The molecule has 1 fully saturated rings. The largest absolute Gasteiger partial charge is 0.325 e. The molecule has 0 bridgehead atoms. The van der Waals surface area contributed by atoms with Gasteiger partial charge in [0.15, 0.2) is 0 Å². The number of nitrogens with zero attached hydrogens (tertiary/aromatic N) is 1. The molecule has 0 aromatic carbocycles. The van der Waals surface area contributed by atoms with Crippen LogP contribution in [0.1, 0.15) is 26.7 Å². The van der Waals surface area contributed by atoms with Gasteiger partial charge in [-0.3, -0.25) is 9.69 Å². The molecule has 0 saturated carbocycles. The molecule has 0 radical (unpaired) electrons. The minimum Gasteiger partial charge on any atom is -0.325 e. The highest BCUT2D eigenvalue weighted by Crippen LogP contribution is 2.22. The number of hydrogen-bond acceptors (Lipinski definition) is 3. The van der Waals surface area contributed by atoms with Gasteiger partial charge in [-0.2, -0.15) is 0 Å². The Morgan fingerprint density at radius 1 is 1.39 bits per heavy atom. The first-order valence-electron chi connectivity index (χ1n) is 6.76. The van der Waals surface area contributed by atoms with Crippen molar-refractivity contribution < 1.29 is 4.79 Å². The van der Waals surface area contributed by atoms with Crippen LogP contribution in [0.5, 0.6) is 0 Å². The van der Waals surface area contributed by atoms with Crippen molar-refractivity contribution in [3.63, 3.8) is 0 Å². The third kappa shape index (κ3) is 3.43. The smallest absolute Gasteiger partial charge is 0.238 e. The Labute approximate surface area is 109 Å². The van der Waals surface area contributed by atoms with E-state index in [0.717, 1.165) is 44.7 Å². The number of carbonyl (C=O) groups is 1. The highest BCUT2D eigenvalue weighted by molar-refractivity contribution is 5.81. The molecule has 0 aromatic rings. The second kappa shape index (κ2) is 6.16. The Balaban J connectivity index is 1.88. The molecule has 1 aliphatic heterocycles. The lowest BCUT2D eigenvalue weighted by molar-refractivity contribution is -0.121. The molecule has 1 heterocycles. The van der Waals surface area contributed by atoms with Crippen LogP contribution in [-0.4, -0.2) is 43.5 Å². The molecule has 2 rings (SSSR count). The monoisotopic (exact) mass is 249 g/mol. The van der Waals surface area contributed by atoms with E-state index in [1.165, 1.54) is 11.1 Å². The molecule has 1 amide bonds. The molecule has 0 unspecified atom stereocenters. The highest BCUT2D eigenvalue weighted by atomic mass is 16.2. The second-order valence-corrected chi connectivity index (χ2v) is 5.16. The minimum absolute atomic E-state index is 0.112. The number of allylic oxidation sites excluding steroid dienone is 3. The van der Waals surface area contributed by atoms with Crippen LogP contribution in [0, 0.1) is 0 Å². The molecule has 18 heavy (non-hydrogen) atoms. The molecule has 0 spiro atoms. The summed E-state index contributed by atoms with van der Waals surface area (Å²) in [6, 6.07) is 0. The van der Waals surface area contributed by atoms with Crippen molar-refractivity contribution >= 4 is 5.91 Å².